The maximum atomic E-state index is 12.0. The summed E-state index contributed by atoms with van der Waals surface area (Å²) in [5.74, 6) is -0.465. The summed E-state index contributed by atoms with van der Waals surface area (Å²) in [4.78, 5) is 3.76. The van der Waals surface area contributed by atoms with E-state index in [-0.39, 0.29) is 21.5 Å². The Morgan fingerprint density at radius 1 is 1.56 bits per heavy atom. The van der Waals surface area contributed by atoms with Crippen LogP contribution >= 0.6 is 22.6 Å². The molecule has 1 aromatic heterocycles. The normalized spacial score (nSPS) is 10.9. The number of aromatic nitrogens is 1. The molecular weight excluding hydrogens is 338 g/mol. The molecule has 0 unspecified atom stereocenters. The van der Waals surface area contributed by atoms with E-state index in [9.17, 15) is 13.2 Å². The summed E-state index contributed by atoms with van der Waals surface area (Å²) in [6, 6.07) is 2.82. The molecule has 0 saturated carbocycles. The summed E-state index contributed by atoms with van der Waals surface area (Å²) in [7, 11) is 0. The molecule has 0 atom stereocenters. The molecule has 1 aromatic rings. The van der Waals surface area contributed by atoms with Crippen molar-refractivity contribution in [1.82, 2.24) is 4.98 Å². The highest BCUT2D eigenvalue weighted by Crippen LogP contribution is 2.29. The van der Waals surface area contributed by atoms with Gasteiger partial charge in [0.15, 0.2) is 5.75 Å². The number of halogens is 4. The summed E-state index contributed by atoms with van der Waals surface area (Å²) in [6.45, 7) is 0. The minimum Gasteiger partial charge on any atom is -0.403 e. The molecular formula is C8H5F3IN3O. The van der Waals surface area contributed by atoms with Gasteiger partial charge in [-0.1, -0.05) is 0 Å². The highest BCUT2D eigenvalue weighted by Gasteiger charge is 2.32. The number of hydrogen-bond donors (Lipinski definition) is 1. The Morgan fingerprint density at radius 2 is 2.19 bits per heavy atom. The lowest BCUT2D eigenvalue weighted by Crippen LogP contribution is -2.18. The van der Waals surface area contributed by atoms with Gasteiger partial charge in [-0.05, 0) is 22.6 Å². The second-order valence-electron chi connectivity index (χ2n) is 2.70. The van der Waals surface area contributed by atoms with Crippen molar-refractivity contribution in [3.63, 3.8) is 0 Å². The van der Waals surface area contributed by atoms with E-state index in [1.165, 1.54) is 0 Å². The van der Waals surface area contributed by atoms with Crippen LogP contribution in [-0.2, 0) is 6.42 Å². The van der Waals surface area contributed by atoms with Crippen molar-refractivity contribution >= 4 is 28.3 Å². The third-order valence-electron chi connectivity index (χ3n) is 1.53. The number of nitrogens with two attached hydrogens (primary N) is 1. The Bertz CT molecular complexity index is 441. The molecule has 1 heterocycles. The van der Waals surface area contributed by atoms with Crippen LogP contribution in [-0.4, -0.2) is 11.3 Å². The van der Waals surface area contributed by atoms with E-state index < -0.39 is 12.1 Å². The highest BCUT2D eigenvalue weighted by molar-refractivity contribution is 14.1. The number of ether oxygens (including phenoxy) is 1. The summed E-state index contributed by atoms with van der Waals surface area (Å²) in [6.07, 6.45) is -4.85. The van der Waals surface area contributed by atoms with Crippen LogP contribution < -0.4 is 10.5 Å². The monoisotopic (exact) mass is 343 g/mol. The Morgan fingerprint density at radius 3 is 2.69 bits per heavy atom. The van der Waals surface area contributed by atoms with Crippen molar-refractivity contribution in [3.05, 3.63) is 15.5 Å². The van der Waals surface area contributed by atoms with Gasteiger partial charge in [0.1, 0.15) is 3.70 Å². The zero-order valence-corrected chi connectivity index (χ0v) is 9.83. The van der Waals surface area contributed by atoms with Crippen LogP contribution in [0.3, 0.4) is 0 Å². The number of anilines is 1. The van der Waals surface area contributed by atoms with E-state index in [1.807, 2.05) is 6.07 Å². The van der Waals surface area contributed by atoms with Gasteiger partial charge in [-0.2, -0.15) is 5.26 Å². The molecule has 0 bridgehead atoms. The number of nitrogens with zero attached hydrogens (tertiary/aromatic N) is 2. The molecule has 0 saturated heterocycles. The van der Waals surface area contributed by atoms with E-state index in [0.29, 0.717) is 0 Å². The van der Waals surface area contributed by atoms with E-state index >= 15 is 0 Å². The smallest absolute Gasteiger partial charge is 0.403 e. The van der Waals surface area contributed by atoms with Gasteiger partial charge < -0.3 is 10.5 Å². The van der Waals surface area contributed by atoms with Crippen molar-refractivity contribution in [1.29, 1.82) is 5.26 Å². The molecule has 0 aliphatic rings. The predicted octanol–water partition coefficient (Wildman–Crippen LogP) is 2.23. The van der Waals surface area contributed by atoms with Gasteiger partial charge in [0.05, 0.1) is 23.9 Å². The molecule has 0 aromatic carbocycles. The van der Waals surface area contributed by atoms with Crippen LogP contribution in [0.4, 0.5) is 18.9 Å². The SMILES string of the molecule is N#CCc1nc(I)c(OC(F)(F)F)cc1N. The first-order chi connectivity index (χ1) is 7.33. The van der Waals surface area contributed by atoms with Gasteiger partial charge >= 0.3 is 6.36 Å². The second-order valence-corrected chi connectivity index (χ2v) is 3.72. The lowest BCUT2D eigenvalue weighted by molar-refractivity contribution is -0.275. The van der Waals surface area contributed by atoms with Crippen molar-refractivity contribution in [3.8, 4) is 11.8 Å². The third-order valence-corrected chi connectivity index (χ3v) is 2.30. The zero-order chi connectivity index (χ0) is 12.3. The maximum absolute atomic E-state index is 12.0. The van der Waals surface area contributed by atoms with Gasteiger partial charge in [0, 0.05) is 6.07 Å². The molecule has 4 nitrogen and oxygen atoms in total. The molecule has 16 heavy (non-hydrogen) atoms. The average molecular weight is 343 g/mol. The van der Waals surface area contributed by atoms with Crippen molar-refractivity contribution in [2.75, 3.05) is 5.73 Å². The number of alkyl halides is 3. The quantitative estimate of drug-likeness (QED) is 0.660. The molecule has 0 radical (unpaired) electrons. The molecule has 1 rings (SSSR count). The van der Waals surface area contributed by atoms with E-state index in [1.54, 1.807) is 22.6 Å². The first kappa shape index (κ1) is 12.8. The predicted molar refractivity (Wildman–Crippen MR) is 57.4 cm³/mol. The topological polar surface area (TPSA) is 71.9 Å². The number of hydrogen-bond acceptors (Lipinski definition) is 4. The number of pyridine rings is 1. The van der Waals surface area contributed by atoms with Crippen molar-refractivity contribution in [2.45, 2.75) is 12.8 Å². The van der Waals surface area contributed by atoms with E-state index in [2.05, 4.69) is 9.72 Å². The van der Waals surface area contributed by atoms with E-state index in [4.69, 9.17) is 11.0 Å². The summed E-state index contributed by atoms with van der Waals surface area (Å²) >= 11 is 1.58. The van der Waals surface area contributed by atoms with Gasteiger partial charge in [-0.15, -0.1) is 13.2 Å². The molecule has 0 aliphatic heterocycles. The fourth-order valence-electron chi connectivity index (χ4n) is 0.935. The Hall–Kier alpha value is -1.24. The lowest BCUT2D eigenvalue weighted by atomic mass is 10.2. The van der Waals surface area contributed by atoms with Crippen molar-refractivity contribution < 1.29 is 17.9 Å². The molecule has 0 fully saturated rings. The van der Waals surface area contributed by atoms with Crippen molar-refractivity contribution in [2.24, 2.45) is 0 Å². The minimum atomic E-state index is -4.79. The second kappa shape index (κ2) is 4.73. The standard InChI is InChI=1S/C8H5F3IN3O/c9-8(10,11)16-6-3-4(14)5(1-2-13)15-7(6)12/h3H,1,14H2. The fourth-order valence-corrected chi connectivity index (χ4v) is 1.49. The summed E-state index contributed by atoms with van der Waals surface area (Å²) < 4.78 is 39.6. The largest absolute Gasteiger partial charge is 0.573 e. The van der Waals surface area contributed by atoms with Gasteiger partial charge in [0.2, 0.25) is 0 Å². The van der Waals surface area contributed by atoms with Gasteiger partial charge in [-0.3, -0.25) is 0 Å². The lowest BCUT2D eigenvalue weighted by Gasteiger charge is -2.11. The number of nitriles is 1. The molecule has 8 heteroatoms. The van der Waals surface area contributed by atoms with Crippen LogP contribution in [0.2, 0.25) is 0 Å². The molecule has 2 N–H and O–H groups in total. The van der Waals surface area contributed by atoms with Crippen LogP contribution in [0.25, 0.3) is 0 Å². The average Bonchev–Trinajstić information content (AvgIpc) is 2.11. The third kappa shape index (κ3) is 3.41. The van der Waals surface area contributed by atoms with Crippen LogP contribution in [0, 0.1) is 15.0 Å². The number of nitrogen functional groups attached to an aromatic ring is 1. The Balaban J connectivity index is 3.07. The van der Waals surface area contributed by atoms with E-state index in [0.717, 1.165) is 6.07 Å². The zero-order valence-electron chi connectivity index (χ0n) is 7.68. The fraction of sp³-hybridized carbons (Fsp3) is 0.250. The van der Waals surface area contributed by atoms with Crippen LogP contribution in [0.1, 0.15) is 5.69 Å². The Labute approximate surface area is 102 Å². The molecule has 86 valence electrons. The summed E-state index contributed by atoms with van der Waals surface area (Å²) in [5.41, 5.74) is 5.67. The van der Waals surface area contributed by atoms with Crippen LogP contribution in [0.5, 0.6) is 5.75 Å². The highest BCUT2D eigenvalue weighted by atomic mass is 127. The van der Waals surface area contributed by atoms with Gasteiger partial charge in [0.25, 0.3) is 0 Å². The summed E-state index contributed by atoms with van der Waals surface area (Å²) in [5, 5.41) is 8.43. The molecule has 0 amide bonds. The number of rotatable bonds is 2. The van der Waals surface area contributed by atoms with Gasteiger partial charge in [-0.25, -0.2) is 4.98 Å². The molecule has 0 aliphatic carbocycles. The first-order valence-corrected chi connectivity index (χ1v) is 4.99. The molecule has 0 spiro atoms. The first-order valence-electron chi connectivity index (χ1n) is 3.91. The van der Waals surface area contributed by atoms with Crippen LogP contribution in [0.15, 0.2) is 6.07 Å². The Kier molecular flexibility index (Phi) is 3.79. The maximum Gasteiger partial charge on any atom is 0.573 e. The minimum absolute atomic E-state index is 0.00113.